The molecule has 3 amide bonds. The van der Waals surface area contributed by atoms with E-state index in [9.17, 15) is 27.2 Å². The number of piperidine rings is 1. The van der Waals surface area contributed by atoms with Crippen LogP contribution in [0.5, 0.6) is 0 Å². The molecule has 0 saturated carbocycles. The highest BCUT2D eigenvalue weighted by Crippen LogP contribution is 2.57. The molecular formula is C27H38F4N4O4. The Morgan fingerprint density at radius 2 is 1.74 bits per heavy atom. The van der Waals surface area contributed by atoms with Crippen LogP contribution in [0.3, 0.4) is 0 Å². The number of hydrogen-bond donors (Lipinski definition) is 2. The molecule has 2 N–H and O–H groups in total. The van der Waals surface area contributed by atoms with E-state index in [1.807, 2.05) is 15.9 Å². The van der Waals surface area contributed by atoms with Gasteiger partial charge >= 0.3 is 18.2 Å². The fourth-order valence-electron chi connectivity index (χ4n) is 6.32. The summed E-state index contributed by atoms with van der Waals surface area (Å²) in [6.07, 6.45) is -2.43. The number of nitrogens with one attached hydrogen (secondary N) is 1. The first-order valence-corrected chi connectivity index (χ1v) is 13.3. The van der Waals surface area contributed by atoms with Gasteiger partial charge in [-0.25, -0.2) is 14.0 Å². The molecule has 3 saturated heterocycles. The summed E-state index contributed by atoms with van der Waals surface area (Å²) in [5.41, 5.74) is 0.395. The number of alkyl halides is 3. The minimum Gasteiger partial charge on any atom is -0.475 e. The van der Waals surface area contributed by atoms with Gasteiger partial charge in [0.25, 0.3) is 0 Å². The number of halogens is 4. The topological polar surface area (TPSA) is 93.2 Å². The number of carboxylic acid groups (broad SMARTS) is 1. The lowest BCUT2D eigenvalue weighted by molar-refractivity contribution is -0.192. The van der Waals surface area contributed by atoms with Gasteiger partial charge in [-0.05, 0) is 49.8 Å². The molecule has 0 aliphatic carbocycles. The van der Waals surface area contributed by atoms with Crippen molar-refractivity contribution < 1.29 is 37.1 Å². The highest BCUT2D eigenvalue weighted by molar-refractivity contribution is 5.87. The van der Waals surface area contributed by atoms with E-state index in [2.05, 4.69) is 31.0 Å². The van der Waals surface area contributed by atoms with Crippen molar-refractivity contribution >= 4 is 17.9 Å². The lowest BCUT2D eigenvalue weighted by Gasteiger charge is -2.47. The van der Waals surface area contributed by atoms with Gasteiger partial charge in [-0.15, -0.1) is 0 Å². The number of carboxylic acids is 1. The molecule has 1 aromatic rings. The predicted octanol–water partition coefficient (Wildman–Crippen LogP) is 3.96. The molecule has 3 fully saturated rings. The zero-order chi connectivity index (χ0) is 29.0. The largest absolute Gasteiger partial charge is 0.490 e. The second-order valence-electron chi connectivity index (χ2n) is 11.1. The molecule has 1 unspecified atom stereocenters. The molecule has 8 nitrogen and oxygen atoms in total. The number of amides is 3. The number of likely N-dealkylation sites (tertiary alicyclic amines) is 3. The highest BCUT2D eigenvalue weighted by Gasteiger charge is 2.64. The number of urea groups is 1. The standard InChI is InChI=1S/C25H37FN4O2.C2HF3O2/c1-4-29-13-10-25(22(29)31)18-28(16-19(2)3)17-24(25)8-11-30(12-9-24)23(32)27-15-20-6-5-7-21(26)14-20;3-2(4,5)1(6)7/h5-7,14,19H,4,8-13,15-18H2,1-3H3,(H,27,32);(H,6,7). The number of benzene rings is 1. The van der Waals surface area contributed by atoms with Crippen LogP contribution in [0, 0.1) is 22.6 Å². The van der Waals surface area contributed by atoms with Crippen LogP contribution in [0.15, 0.2) is 24.3 Å². The van der Waals surface area contributed by atoms with Gasteiger partial charge < -0.3 is 25.1 Å². The Balaban J connectivity index is 0.000000532. The Labute approximate surface area is 226 Å². The van der Waals surface area contributed by atoms with Crippen LogP contribution in [0.25, 0.3) is 0 Å². The summed E-state index contributed by atoms with van der Waals surface area (Å²) in [6, 6.07) is 6.21. The van der Waals surface area contributed by atoms with Crippen LogP contribution in [0.1, 0.15) is 45.6 Å². The molecule has 1 atom stereocenters. The van der Waals surface area contributed by atoms with E-state index in [4.69, 9.17) is 9.90 Å². The summed E-state index contributed by atoms with van der Waals surface area (Å²) >= 11 is 0. The SMILES string of the molecule is CCN1CCC2(CN(CC(C)C)CC23CCN(C(=O)NCc2cccc(F)c2)CC3)C1=O.O=C(O)C(F)(F)F. The van der Waals surface area contributed by atoms with Crippen molar-refractivity contribution in [3.63, 3.8) is 0 Å². The summed E-state index contributed by atoms with van der Waals surface area (Å²) in [4.78, 5) is 41.6. The maximum atomic E-state index is 13.5. The van der Waals surface area contributed by atoms with Crippen LogP contribution >= 0.6 is 0 Å². The maximum Gasteiger partial charge on any atom is 0.490 e. The van der Waals surface area contributed by atoms with E-state index in [1.54, 1.807) is 6.07 Å². The minimum atomic E-state index is -5.08. The molecule has 218 valence electrons. The van der Waals surface area contributed by atoms with E-state index in [-0.39, 0.29) is 22.7 Å². The average Bonchev–Trinajstić information content (AvgIpc) is 3.33. The molecular weight excluding hydrogens is 520 g/mol. The van der Waals surface area contributed by atoms with Gasteiger partial charge in [0.05, 0.1) is 5.41 Å². The van der Waals surface area contributed by atoms with Crippen molar-refractivity contribution in [2.45, 2.75) is 52.8 Å². The van der Waals surface area contributed by atoms with Crippen molar-refractivity contribution in [1.29, 1.82) is 0 Å². The molecule has 3 heterocycles. The smallest absolute Gasteiger partial charge is 0.475 e. The van der Waals surface area contributed by atoms with Gasteiger partial charge in [-0.2, -0.15) is 13.2 Å². The van der Waals surface area contributed by atoms with Crippen molar-refractivity contribution in [3.05, 3.63) is 35.6 Å². The van der Waals surface area contributed by atoms with E-state index < -0.39 is 12.1 Å². The van der Waals surface area contributed by atoms with Gasteiger partial charge in [-0.1, -0.05) is 26.0 Å². The van der Waals surface area contributed by atoms with Crippen LogP contribution in [-0.2, 0) is 16.1 Å². The highest BCUT2D eigenvalue weighted by atomic mass is 19.4. The van der Waals surface area contributed by atoms with Gasteiger partial charge in [0, 0.05) is 57.8 Å². The maximum absolute atomic E-state index is 13.5. The lowest BCUT2D eigenvalue weighted by Crippen LogP contribution is -2.54. The Morgan fingerprint density at radius 1 is 1.10 bits per heavy atom. The van der Waals surface area contributed by atoms with E-state index in [0.29, 0.717) is 31.5 Å². The van der Waals surface area contributed by atoms with Crippen LogP contribution in [0.4, 0.5) is 22.4 Å². The zero-order valence-electron chi connectivity index (χ0n) is 22.7. The number of rotatable bonds is 5. The predicted molar refractivity (Wildman–Crippen MR) is 136 cm³/mol. The number of aliphatic carboxylic acids is 1. The Kier molecular flexibility index (Phi) is 9.51. The molecule has 0 radical (unpaired) electrons. The number of nitrogens with zero attached hydrogens (tertiary/aromatic N) is 3. The summed E-state index contributed by atoms with van der Waals surface area (Å²) in [7, 11) is 0. The molecule has 0 aromatic heterocycles. The number of fused-ring (bicyclic) bond motifs is 1. The number of carbonyl (C=O) groups excluding carboxylic acids is 2. The van der Waals surface area contributed by atoms with E-state index in [0.717, 1.165) is 57.5 Å². The molecule has 12 heteroatoms. The first-order valence-electron chi connectivity index (χ1n) is 13.3. The fourth-order valence-corrected chi connectivity index (χ4v) is 6.32. The lowest BCUT2D eigenvalue weighted by atomic mass is 9.60. The van der Waals surface area contributed by atoms with Crippen molar-refractivity contribution in [2.24, 2.45) is 16.7 Å². The quantitative estimate of drug-likeness (QED) is 0.534. The van der Waals surface area contributed by atoms with Gasteiger partial charge in [0.2, 0.25) is 5.91 Å². The van der Waals surface area contributed by atoms with Crippen molar-refractivity contribution in [1.82, 2.24) is 20.0 Å². The normalized spacial score (nSPS) is 22.9. The van der Waals surface area contributed by atoms with Crippen LogP contribution in [-0.4, -0.2) is 89.7 Å². The third-order valence-corrected chi connectivity index (χ3v) is 8.13. The van der Waals surface area contributed by atoms with Gasteiger partial charge in [-0.3, -0.25) is 4.79 Å². The van der Waals surface area contributed by atoms with Crippen LogP contribution < -0.4 is 5.32 Å². The summed E-state index contributed by atoms with van der Waals surface area (Å²) in [5, 5.41) is 10.1. The van der Waals surface area contributed by atoms with Crippen LogP contribution in [0.2, 0.25) is 0 Å². The fraction of sp³-hybridized carbons (Fsp3) is 0.667. The second-order valence-corrected chi connectivity index (χ2v) is 11.1. The third-order valence-electron chi connectivity index (χ3n) is 8.13. The third kappa shape index (κ3) is 6.82. The van der Waals surface area contributed by atoms with Gasteiger partial charge in [0.15, 0.2) is 0 Å². The summed E-state index contributed by atoms with van der Waals surface area (Å²) in [5.74, 6) is -2.16. The average molecular weight is 559 g/mol. The Hall–Kier alpha value is -2.89. The first-order chi connectivity index (χ1) is 18.2. The molecule has 3 aliphatic heterocycles. The van der Waals surface area contributed by atoms with Gasteiger partial charge in [0.1, 0.15) is 5.82 Å². The molecule has 2 spiro atoms. The molecule has 4 rings (SSSR count). The summed E-state index contributed by atoms with van der Waals surface area (Å²) < 4.78 is 45.1. The number of hydrogen-bond acceptors (Lipinski definition) is 4. The molecule has 39 heavy (non-hydrogen) atoms. The summed E-state index contributed by atoms with van der Waals surface area (Å²) in [6.45, 7) is 12.6. The van der Waals surface area contributed by atoms with Crippen molar-refractivity contribution in [3.8, 4) is 0 Å². The minimum absolute atomic E-state index is 0.0533. The Morgan fingerprint density at radius 3 is 2.26 bits per heavy atom. The second kappa shape index (κ2) is 12.1. The van der Waals surface area contributed by atoms with E-state index in [1.165, 1.54) is 12.1 Å². The molecule has 0 bridgehead atoms. The monoisotopic (exact) mass is 558 g/mol. The molecule has 3 aliphatic rings. The first kappa shape index (κ1) is 30.6. The Bertz CT molecular complexity index is 1040. The van der Waals surface area contributed by atoms with Crippen molar-refractivity contribution in [2.75, 3.05) is 45.8 Å². The molecule has 1 aromatic carbocycles. The van der Waals surface area contributed by atoms with E-state index >= 15 is 0 Å². The zero-order valence-corrected chi connectivity index (χ0v) is 22.7. The number of carbonyl (C=O) groups is 3.